The molecule has 0 radical (unpaired) electrons. The van der Waals surface area contributed by atoms with Gasteiger partial charge in [0.15, 0.2) is 5.13 Å². The van der Waals surface area contributed by atoms with E-state index < -0.39 is 0 Å². The Morgan fingerprint density at radius 3 is 3.04 bits per heavy atom. The summed E-state index contributed by atoms with van der Waals surface area (Å²) in [5.41, 5.74) is 0.983. The smallest absolute Gasteiger partial charge is 0.261 e. The van der Waals surface area contributed by atoms with Gasteiger partial charge in [-0.3, -0.25) is 14.5 Å². The zero-order valence-corrected chi connectivity index (χ0v) is 15.8. The second-order valence-electron chi connectivity index (χ2n) is 6.33. The fourth-order valence-corrected chi connectivity index (χ4v) is 4.27. The standard InChI is InChI=1S/C17H22N4O2S2/c1-12-4-2-6-21(9-12)10-13-11-25-17(19-13)20-15(22)8-18-16(23)14-5-3-7-24-14/h3,5,7,11-12H,2,4,6,8-10H2,1H3,(H,18,23)(H,19,20,22). The number of hydrogen-bond donors (Lipinski definition) is 2. The molecule has 1 atom stereocenters. The molecule has 3 heterocycles. The summed E-state index contributed by atoms with van der Waals surface area (Å²) in [6.07, 6.45) is 2.53. The number of piperidine rings is 1. The molecule has 0 aromatic carbocycles. The summed E-state index contributed by atoms with van der Waals surface area (Å²) < 4.78 is 0. The van der Waals surface area contributed by atoms with Crippen LogP contribution < -0.4 is 10.6 Å². The molecule has 1 aliphatic rings. The lowest BCUT2D eigenvalue weighted by molar-refractivity contribution is -0.115. The lowest BCUT2D eigenvalue weighted by Crippen LogP contribution is -2.34. The number of aromatic nitrogens is 1. The van der Waals surface area contributed by atoms with Crippen LogP contribution in [0.5, 0.6) is 0 Å². The van der Waals surface area contributed by atoms with Crippen LogP contribution >= 0.6 is 22.7 Å². The van der Waals surface area contributed by atoms with Crippen molar-refractivity contribution in [2.75, 3.05) is 25.0 Å². The van der Waals surface area contributed by atoms with Crippen LogP contribution in [0.4, 0.5) is 5.13 Å². The molecule has 2 aromatic rings. The Bertz CT molecular complexity index is 714. The molecular formula is C17H22N4O2S2. The quantitative estimate of drug-likeness (QED) is 0.811. The van der Waals surface area contributed by atoms with Crippen LogP contribution in [0.1, 0.15) is 35.1 Å². The maximum Gasteiger partial charge on any atom is 0.261 e. The number of nitrogens with one attached hydrogen (secondary N) is 2. The number of rotatable bonds is 6. The van der Waals surface area contributed by atoms with Crippen LogP contribution in [-0.2, 0) is 11.3 Å². The minimum absolute atomic E-state index is 0.0602. The van der Waals surface area contributed by atoms with Crippen molar-refractivity contribution in [2.45, 2.75) is 26.3 Å². The van der Waals surface area contributed by atoms with E-state index in [0.717, 1.165) is 31.2 Å². The maximum absolute atomic E-state index is 12.0. The van der Waals surface area contributed by atoms with Gasteiger partial charge in [0.05, 0.1) is 17.1 Å². The summed E-state index contributed by atoms with van der Waals surface area (Å²) in [5, 5.41) is 9.75. The molecule has 6 nitrogen and oxygen atoms in total. The Morgan fingerprint density at radius 2 is 2.28 bits per heavy atom. The first-order chi connectivity index (χ1) is 12.1. The molecular weight excluding hydrogens is 356 g/mol. The second-order valence-corrected chi connectivity index (χ2v) is 8.14. The average molecular weight is 379 g/mol. The van der Waals surface area contributed by atoms with Gasteiger partial charge in [0.25, 0.3) is 5.91 Å². The summed E-state index contributed by atoms with van der Waals surface area (Å²) in [6.45, 7) is 5.26. The zero-order chi connectivity index (χ0) is 17.6. The van der Waals surface area contributed by atoms with Gasteiger partial charge in [0.1, 0.15) is 0 Å². The summed E-state index contributed by atoms with van der Waals surface area (Å²) in [4.78, 5) is 31.3. The largest absolute Gasteiger partial charge is 0.342 e. The predicted molar refractivity (Wildman–Crippen MR) is 101 cm³/mol. The number of carbonyl (C=O) groups excluding carboxylic acids is 2. The molecule has 25 heavy (non-hydrogen) atoms. The van der Waals surface area contributed by atoms with Gasteiger partial charge in [-0.15, -0.1) is 22.7 Å². The predicted octanol–water partition coefficient (Wildman–Crippen LogP) is 2.81. The van der Waals surface area contributed by atoms with E-state index in [1.807, 2.05) is 10.8 Å². The SMILES string of the molecule is CC1CCCN(Cc2csc(NC(=O)CNC(=O)c3cccs3)n2)C1. The number of anilines is 1. The van der Waals surface area contributed by atoms with Crippen LogP contribution in [0.2, 0.25) is 0 Å². The van der Waals surface area contributed by atoms with Crippen LogP contribution in [0.15, 0.2) is 22.9 Å². The summed E-state index contributed by atoms with van der Waals surface area (Å²) >= 11 is 2.77. The third-order valence-corrected chi connectivity index (χ3v) is 5.75. The van der Waals surface area contributed by atoms with Crippen molar-refractivity contribution in [3.63, 3.8) is 0 Å². The molecule has 134 valence electrons. The minimum Gasteiger partial charge on any atom is -0.342 e. The number of amides is 2. The fourth-order valence-electron chi connectivity index (χ4n) is 2.92. The second kappa shape index (κ2) is 8.55. The van der Waals surface area contributed by atoms with Gasteiger partial charge in [0, 0.05) is 18.5 Å². The Kier molecular flexibility index (Phi) is 6.17. The van der Waals surface area contributed by atoms with Gasteiger partial charge in [-0.1, -0.05) is 13.0 Å². The number of thiophene rings is 1. The Morgan fingerprint density at radius 1 is 1.40 bits per heavy atom. The fraction of sp³-hybridized carbons (Fsp3) is 0.471. The molecule has 2 aromatic heterocycles. The van der Waals surface area contributed by atoms with E-state index in [-0.39, 0.29) is 18.4 Å². The van der Waals surface area contributed by atoms with E-state index in [9.17, 15) is 9.59 Å². The van der Waals surface area contributed by atoms with Crippen molar-refractivity contribution in [3.05, 3.63) is 33.5 Å². The topological polar surface area (TPSA) is 74.3 Å². The summed E-state index contributed by atoms with van der Waals surface area (Å²) in [7, 11) is 0. The molecule has 8 heteroatoms. The van der Waals surface area contributed by atoms with Crippen molar-refractivity contribution in [3.8, 4) is 0 Å². The molecule has 2 amide bonds. The molecule has 0 bridgehead atoms. The monoisotopic (exact) mass is 378 g/mol. The van der Waals surface area contributed by atoms with Crippen LogP contribution in [0.3, 0.4) is 0 Å². The molecule has 3 rings (SSSR count). The lowest BCUT2D eigenvalue weighted by Gasteiger charge is -2.30. The Balaban J connectivity index is 1.44. The summed E-state index contributed by atoms with van der Waals surface area (Å²) in [6, 6.07) is 3.53. The van der Waals surface area contributed by atoms with E-state index >= 15 is 0 Å². The molecule has 0 spiro atoms. The highest BCUT2D eigenvalue weighted by atomic mass is 32.1. The van der Waals surface area contributed by atoms with Gasteiger partial charge in [-0.25, -0.2) is 4.98 Å². The van der Waals surface area contributed by atoms with E-state index in [1.54, 1.807) is 12.1 Å². The number of hydrogen-bond acceptors (Lipinski definition) is 6. The van der Waals surface area contributed by atoms with Gasteiger partial charge in [-0.05, 0) is 36.8 Å². The third kappa shape index (κ3) is 5.35. The van der Waals surface area contributed by atoms with Crippen LogP contribution in [-0.4, -0.2) is 41.3 Å². The number of carbonyl (C=O) groups is 2. The number of likely N-dealkylation sites (tertiary alicyclic amines) is 1. The highest BCUT2D eigenvalue weighted by molar-refractivity contribution is 7.14. The minimum atomic E-state index is -0.266. The number of thiazole rings is 1. The first kappa shape index (κ1) is 18.0. The summed E-state index contributed by atoms with van der Waals surface area (Å²) in [5.74, 6) is 0.236. The molecule has 1 saturated heterocycles. The van der Waals surface area contributed by atoms with E-state index in [0.29, 0.717) is 10.0 Å². The molecule has 2 N–H and O–H groups in total. The van der Waals surface area contributed by atoms with Crippen molar-refractivity contribution in [1.82, 2.24) is 15.2 Å². The van der Waals surface area contributed by atoms with Crippen molar-refractivity contribution < 1.29 is 9.59 Å². The number of nitrogens with zero attached hydrogens (tertiary/aromatic N) is 2. The zero-order valence-electron chi connectivity index (χ0n) is 14.2. The molecule has 1 aliphatic heterocycles. The first-order valence-corrected chi connectivity index (χ1v) is 10.1. The molecule has 0 aliphatic carbocycles. The normalized spacial score (nSPS) is 18.0. The molecule has 1 unspecified atom stereocenters. The van der Waals surface area contributed by atoms with Gasteiger partial charge < -0.3 is 10.6 Å². The van der Waals surface area contributed by atoms with Gasteiger partial charge in [-0.2, -0.15) is 0 Å². The van der Waals surface area contributed by atoms with E-state index in [1.165, 1.54) is 35.5 Å². The van der Waals surface area contributed by atoms with Crippen LogP contribution in [0.25, 0.3) is 0 Å². The van der Waals surface area contributed by atoms with Crippen LogP contribution in [0, 0.1) is 5.92 Å². The third-order valence-electron chi connectivity index (χ3n) is 4.08. The highest BCUT2D eigenvalue weighted by Crippen LogP contribution is 2.20. The highest BCUT2D eigenvalue weighted by Gasteiger charge is 2.17. The van der Waals surface area contributed by atoms with Gasteiger partial charge in [0.2, 0.25) is 5.91 Å². The Hall–Kier alpha value is -1.77. The Labute approximate surface area is 155 Å². The van der Waals surface area contributed by atoms with E-state index in [2.05, 4.69) is 27.4 Å². The van der Waals surface area contributed by atoms with Crippen molar-refractivity contribution >= 4 is 39.6 Å². The maximum atomic E-state index is 12.0. The average Bonchev–Trinajstić information content (AvgIpc) is 3.25. The van der Waals surface area contributed by atoms with Gasteiger partial charge >= 0.3 is 0 Å². The van der Waals surface area contributed by atoms with E-state index in [4.69, 9.17) is 0 Å². The van der Waals surface area contributed by atoms with Crippen molar-refractivity contribution in [2.24, 2.45) is 5.92 Å². The molecule has 1 fully saturated rings. The van der Waals surface area contributed by atoms with Crippen molar-refractivity contribution in [1.29, 1.82) is 0 Å². The first-order valence-electron chi connectivity index (χ1n) is 8.38. The molecule has 0 saturated carbocycles. The lowest BCUT2D eigenvalue weighted by atomic mass is 10.0.